The highest BCUT2D eigenvalue weighted by Crippen LogP contribution is 2.35. The van der Waals surface area contributed by atoms with E-state index in [-0.39, 0.29) is 30.0 Å². The maximum Gasteiger partial charge on any atom is 0.226 e. The molecule has 3 N–H and O–H groups in total. The Bertz CT molecular complexity index is 380. The van der Waals surface area contributed by atoms with Crippen LogP contribution in [0.4, 0.5) is 0 Å². The number of ether oxygens (including phenoxy) is 1. The van der Waals surface area contributed by atoms with Crippen LogP contribution in [0, 0.1) is 11.8 Å². The quantitative estimate of drug-likeness (QED) is 0.775. The molecule has 19 heavy (non-hydrogen) atoms. The fourth-order valence-corrected chi connectivity index (χ4v) is 3.70. The van der Waals surface area contributed by atoms with Crippen LogP contribution in [0.2, 0.25) is 0 Å². The molecule has 4 nitrogen and oxygen atoms in total. The van der Waals surface area contributed by atoms with Gasteiger partial charge in [0.2, 0.25) is 5.91 Å². The Morgan fingerprint density at radius 3 is 2.26 bits per heavy atom. The maximum absolute atomic E-state index is 12.6. The zero-order chi connectivity index (χ0) is 14.2. The van der Waals surface area contributed by atoms with Crippen molar-refractivity contribution in [2.24, 2.45) is 17.6 Å². The fraction of sp³-hybridized carbons (Fsp3) is 0.857. The van der Waals surface area contributed by atoms with Crippen LogP contribution in [-0.2, 0) is 9.53 Å². The number of rotatable bonds is 3. The zero-order valence-corrected chi connectivity index (χ0v) is 12.8. The van der Waals surface area contributed by atoms with E-state index >= 15 is 0 Å². The van der Waals surface area contributed by atoms with Crippen LogP contribution in [0.1, 0.15) is 46.5 Å². The van der Waals surface area contributed by atoms with Crippen molar-refractivity contribution in [1.82, 2.24) is 5.32 Å². The standard InChI is InChI=1S/C14H24N2O2S/c1-8-9(2)18-10(3)11(8)12(17)16-14(13(15)19)6-4-5-7-14/h8-11H,4-7H2,1-3H3,(H2,15,19)(H,16,17). The second-order valence-corrected chi connectivity index (χ2v) is 6.51. The summed E-state index contributed by atoms with van der Waals surface area (Å²) in [7, 11) is 0. The van der Waals surface area contributed by atoms with Crippen molar-refractivity contribution in [3.63, 3.8) is 0 Å². The van der Waals surface area contributed by atoms with E-state index < -0.39 is 5.54 Å². The van der Waals surface area contributed by atoms with Crippen LogP contribution in [0.25, 0.3) is 0 Å². The summed E-state index contributed by atoms with van der Waals surface area (Å²) in [5, 5.41) is 3.13. The molecular weight excluding hydrogens is 260 g/mol. The van der Waals surface area contributed by atoms with Gasteiger partial charge in [-0.2, -0.15) is 0 Å². The SMILES string of the molecule is CC1OC(C)C(C(=O)NC2(C(N)=S)CCCC2)C1C. The Morgan fingerprint density at radius 2 is 1.84 bits per heavy atom. The highest BCUT2D eigenvalue weighted by atomic mass is 32.1. The van der Waals surface area contributed by atoms with E-state index in [1.807, 2.05) is 13.8 Å². The van der Waals surface area contributed by atoms with Crippen LogP contribution in [-0.4, -0.2) is 28.6 Å². The van der Waals surface area contributed by atoms with E-state index in [2.05, 4.69) is 12.2 Å². The zero-order valence-electron chi connectivity index (χ0n) is 11.9. The van der Waals surface area contributed by atoms with Crippen LogP contribution < -0.4 is 11.1 Å². The smallest absolute Gasteiger partial charge is 0.226 e. The number of hydrogen-bond donors (Lipinski definition) is 2. The third kappa shape index (κ3) is 2.63. The molecule has 0 spiro atoms. The van der Waals surface area contributed by atoms with Gasteiger partial charge in [0, 0.05) is 0 Å². The molecule has 2 aliphatic rings. The molecule has 2 rings (SSSR count). The fourth-order valence-electron chi connectivity index (χ4n) is 3.45. The van der Waals surface area contributed by atoms with Crippen LogP contribution >= 0.6 is 12.2 Å². The first-order chi connectivity index (χ1) is 8.87. The summed E-state index contributed by atoms with van der Waals surface area (Å²) in [4.78, 5) is 13.0. The van der Waals surface area contributed by atoms with Crippen molar-refractivity contribution in [2.75, 3.05) is 0 Å². The molecule has 0 aromatic heterocycles. The minimum atomic E-state index is -0.461. The summed E-state index contributed by atoms with van der Waals surface area (Å²) < 4.78 is 5.74. The van der Waals surface area contributed by atoms with E-state index in [4.69, 9.17) is 22.7 Å². The van der Waals surface area contributed by atoms with Gasteiger partial charge in [0.1, 0.15) is 0 Å². The van der Waals surface area contributed by atoms with Crippen molar-refractivity contribution in [2.45, 2.75) is 64.2 Å². The normalized spacial score (nSPS) is 37.2. The molecule has 2 fully saturated rings. The van der Waals surface area contributed by atoms with Gasteiger partial charge in [0.15, 0.2) is 0 Å². The second-order valence-electron chi connectivity index (χ2n) is 6.07. The lowest BCUT2D eigenvalue weighted by molar-refractivity contribution is -0.128. The van der Waals surface area contributed by atoms with Gasteiger partial charge in [-0.25, -0.2) is 0 Å². The number of thiocarbonyl (C=S) groups is 1. The predicted octanol–water partition coefficient (Wildman–Crippen LogP) is 1.76. The summed E-state index contributed by atoms with van der Waals surface area (Å²) in [6, 6.07) is 0. The van der Waals surface area contributed by atoms with Gasteiger partial charge < -0.3 is 15.8 Å². The summed E-state index contributed by atoms with van der Waals surface area (Å²) in [6.45, 7) is 6.06. The molecule has 1 saturated heterocycles. The predicted molar refractivity (Wildman–Crippen MR) is 78.8 cm³/mol. The monoisotopic (exact) mass is 284 g/mol. The minimum Gasteiger partial charge on any atom is -0.391 e. The Morgan fingerprint density at radius 1 is 1.26 bits per heavy atom. The van der Waals surface area contributed by atoms with Crippen LogP contribution in [0.15, 0.2) is 0 Å². The summed E-state index contributed by atoms with van der Waals surface area (Å²) in [5.74, 6) is 0.153. The molecule has 1 amide bonds. The van der Waals surface area contributed by atoms with E-state index in [0.717, 1.165) is 25.7 Å². The Balaban J connectivity index is 2.10. The Kier molecular flexibility index (Phi) is 4.16. The lowest BCUT2D eigenvalue weighted by Gasteiger charge is -2.31. The number of amides is 1. The maximum atomic E-state index is 12.6. The third-order valence-corrected chi connectivity index (χ3v) is 5.23. The summed E-state index contributed by atoms with van der Waals surface area (Å²) in [6.07, 6.45) is 3.94. The molecule has 1 saturated carbocycles. The van der Waals surface area contributed by atoms with E-state index in [1.165, 1.54) is 0 Å². The van der Waals surface area contributed by atoms with Crippen molar-refractivity contribution >= 4 is 23.1 Å². The molecule has 5 heteroatoms. The molecular formula is C14H24N2O2S. The summed E-state index contributed by atoms with van der Waals surface area (Å²) in [5.41, 5.74) is 5.40. The van der Waals surface area contributed by atoms with Gasteiger partial charge in [-0.15, -0.1) is 0 Å². The molecule has 1 aliphatic heterocycles. The third-order valence-electron chi connectivity index (χ3n) is 4.84. The van der Waals surface area contributed by atoms with Crippen LogP contribution in [0.5, 0.6) is 0 Å². The number of carbonyl (C=O) groups is 1. The average Bonchev–Trinajstić information content (AvgIpc) is 2.86. The van der Waals surface area contributed by atoms with E-state index in [0.29, 0.717) is 4.99 Å². The number of nitrogens with one attached hydrogen (secondary N) is 1. The lowest BCUT2D eigenvalue weighted by atomic mass is 9.87. The van der Waals surface area contributed by atoms with Gasteiger partial charge in [-0.05, 0) is 32.6 Å². The lowest BCUT2D eigenvalue weighted by Crippen LogP contribution is -2.57. The first-order valence-electron chi connectivity index (χ1n) is 7.15. The topological polar surface area (TPSA) is 64.3 Å². The van der Waals surface area contributed by atoms with Crippen molar-refractivity contribution in [3.8, 4) is 0 Å². The minimum absolute atomic E-state index is 0.0408. The van der Waals surface area contributed by atoms with E-state index in [1.54, 1.807) is 0 Å². The summed E-state index contributed by atoms with van der Waals surface area (Å²) >= 11 is 5.17. The number of carbonyl (C=O) groups excluding carboxylic acids is 1. The van der Waals surface area contributed by atoms with Crippen LogP contribution in [0.3, 0.4) is 0 Å². The van der Waals surface area contributed by atoms with Gasteiger partial charge in [-0.1, -0.05) is 32.0 Å². The Hall–Kier alpha value is -0.680. The number of hydrogen-bond acceptors (Lipinski definition) is 3. The molecule has 4 unspecified atom stereocenters. The molecule has 0 aromatic rings. The molecule has 0 radical (unpaired) electrons. The van der Waals surface area contributed by atoms with E-state index in [9.17, 15) is 4.79 Å². The molecule has 1 aliphatic carbocycles. The highest BCUT2D eigenvalue weighted by Gasteiger charge is 2.45. The largest absolute Gasteiger partial charge is 0.391 e. The molecule has 0 aromatic carbocycles. The van der Waals surface area contributed by atoms with Crippen molar-refractivity contribution < 1.29 is 9.53 Å². The van der Waals surface area contributed by atoms with Gasteiger partial charge in [0.25, 0.3) is 0 Å². The average molecular weight is 284 g/mol. The number of nitrogens with two attached hydrogens (primary N) is 1. The molecule has 4 atom stereocenters. The first-order valence-corrected chi connectivity index (χ1v) is 7.55. The highest BCUT2D eigenvalue weighted by molar-refractivity contribution is 7.80. The van der Waals surface area contributed by atoms with Gasteiger partial charge in [0.05, 0.1) is 28.7 Å². The Labute approximate surface area is 120 Å². The first kappa shape index (κ1) is 14.7. The van der Waals surface area contributed by atoms with Crippen molar-refractivity contribution in [1.29, 1.82) is 0 Å². The molecule has 1 heterocycles. The van der Waals surface area contributed by atoms with Crippen molar-refractivity contribution in [3.05, 3.63) is 0 Å². The van der Waals surface area contributed by atoms with Gasteiger partial charge >= 0.3 is 0 Å². The molecule has 108 valence electrons. The molecule has 0 bridgehead atoms. The second kappa shape index (κ2) is 5.37. The van der Waals surface area contributed by atoms with Gasteiger partial charge in [-0.3, -0.25) is 4.79 Å².